The molecule has 0 aromatic heterocycles. The predicted octanol–water partition coefficient (Wildman–Crippen LogP) is -12.9. The van der Waals surface area contributed by atoms with Gasteiger partial charge in [0.2, 0.25) is 82.7 Å². The van der Waals surface area contributed by atoms with Crippen LogP contribution >= 0.6 is 0 Å². The van der Waals surface area contributed by atoms with Gasteiger partial charge in [-0.1, -0.05) is 18.6 Å². The van der Waals surface area contributed by atoms with Crippen LogP contribution in [0.25, 0.3) is 0 Å². The van der Waals surface area contributed by atoms with Crippen molar-refractivity contribution in [3.05, 3.63) is 29.8 Å². The Hall–Kier alpha value is -14.2. The smallest absolute Gasteiger partial charge is 0.322 e. The number of guanidine groups is 7. The van der Waals surface area contributed by atoms with Crippen LogP contribution in [0.5, 0.6) is 5.75 Å². The Labute approximate surface area is 774 Å². The van der Waals surface area contributed by atoms with Crippen molar-refractivity contribution in [2.45, 2.75) is 239 Å². The molecule has 51 N–H and O–H groups in total. The molecule has 0 aliphatic carbocycles. The number of aromatic hydroxyl groups is 1. The van der Waals surface area contributed by atoms with Crippen molar-refractivity contribution >= 4 is 130 Å². The zero-order chi connectivity index (χ0) is 100. The number of carboxylic acids is 1. The number of nitrogens with two attached hydrogens (primary N) is 11. The third kappa shape index (κ3) is 49.2. The molecule has 1 aromatic carbocycles. The molecular weight excluding hydrogens is 1760 g/mol. The van der Waals surface area contributed by atoms with Crippen molar-refractivity contribution in [1.29, 1.82) is 37.9 Å². The van der Waals surface area contributed by atoms with E-state index >= 15 is 9.59 Å². The van der Waals surface area contributed by atoms with E-state index in [9.17, 15) is 77.6 Å². The topological polar surface area (TPSA) is 1000 Å². The lowest BCUT2D eigenvalue weighted by Gasteiger charge is -2.31. The molecule has 2 rings (SSSR count). The van der Waals surface area contributed by atoms with E-state index in [1.54, 1.807) is 0 Å². The Kier molecular flexibility index (Phi) is 55.8. The van der Waals surface area contributed by atoms with Crippen molar-refractivity contribution in [2.24, 2.45) is 63.1 Å². The Bertz CT molecular complexity index is 4080. The van der Waals surface area contributed by atoms with E-state index in [0.717, 1.165) is 4.90 Å². The second-order valence-electron chi connectivity index (χ2n) is 31.6. The maximum atomic E-state index is 15.3. The summed E-state index contributed by atoms with van der Waals surface area (Å²) in [6.45, 7) is -1.91. The second kappa shape index (κ2) is 64.6. The highest BCUT2D eigenvalue weighted by Gasteiger charge is 2.42. The molecule has 0 radical (unpaired) electrons. The van der Waals surface area contributed by atoms with Crippen molar-refractivity contribution in [3.63, 3.8) is 0 Å². The fourth-order valence-corrected chi connectivity index (χ4v) is 13.6. The number of hydrogen-bond acceptors (Lipinski definition) is 27. The molecule has 56 heteroatoms. The number of likely N-dealkylation sites (tertiary alicyclic amines) is 1. The van der Waals surface area contributed by atoms with Gasteiger partial charge < -0.3 is 184 Å². The summed E-state index contributed by atoms with van der Waals surface area (Å²) in [5.41, 5.74) is 62.4. The summed E-state index contributed by atoms with van der Waals surface area (Å²) in [7, 11) is 0. The standard InChI is InChI=1S/C78H142N38O18/c79-29-3-1-13-44(81)59(122)114-54(39-42-23-25-43(118)26-24-42)68(131)110-48(17-7-33-99-74(87)88)63(126)107-49(18-8-34-100-75(89)90)65(128)113-53(21-11-37-103-78(95)96)71(134)116-38-12-22-56(116)70(133)112-51(20-10-36-102-77(93)94)64(127)108-50(19-9-35-101-76(91)92)66(129)115-55(41-117)69(132)111-52(27-28-57(82)119)67(130)109-47(16-6-32-98-73(85)86)62(125)106-46(14-2-4-30-80)61(124)105-45(15-5-31-97-72(83)84)60(123)104-40-58(120)121/h23-26,44-56,117-118H,1-22,27-41,79-81H2,(H2,82,119)(H,104,123)(H,105,124)(H,106,125)(H,107,126)(H,108,127)(H,109,130)(H,110,131)(H,111,132)(H,112,133)(H,113,128)(H,114,122)(H,115,129)(H,120,121)(H4,83,84,97)(H4,85,86,98)(H4,87,88,99)(H4,89,90,100)(H4,91,92,101)(H4,93,94,102)(H4,95,96,103)/t44-,45-,46-,47-,48-,49-,50-,51-,52-,53-,54-,55-,56-/m0/s1. The molecule has 1 aromatic rings. The highest BCUT2D eigenvalue weighted by molar-refractivity contribution is 6.01. The lowest BCUT2D eigenvalue weighted by Crippen LogP contribution is -2.61. The number of aliphatic hydroxyl groups is 1. The molecule has 1 heterocycles. The number of aliphatic hydroxyl groups excluding tert-OH is 1. The largest absolute Gasteiger partial charge is 0.508 e. The van der Waals surface area contributed by atoms with Crippen LogP contribution in [-0.2, 0) is 78.3 Å². The Morgan fingerprint density at radius 2 is 0.634 bits per heavy atom. The molecule has 1 aliphatic heterocycles. The fraction of sp³-hybridized carbons (Fsp3) is 0.641. The van der Waals surface area contributed by atoms with E-state index in [4.69, 9.17) is 101 Å². The van der Waals surface area contributed by atoms with Crippen LogP contribution in [-0.4, -0.2) is 308 Å². The minimum absolute atomic E-state index is 0.0144. The van der Waals surface area contributed by atoms with Gasteiger partial charge in [-0.3, -0.25) is 110 Å². The number of primary amides is 1. The molecule has 14 amide bonds. The second-order valence-corrected chi connectivity index (χ2v) is 31.6. The van der Waals surface area contributed by atoms with E-state index in [2.05, 4.69) is 101 Å². The number of unbranched alkanes of at least 4 members (excludes halogenated alkanes) is 2. The molecule has 0 spiro atoms. The van der Waals surface area contributed by atoms with Gasteiger partial charge in [-0.2, -0.15) is 0 Å². The van der Waals surface area contributed by atoms with E-state index < -0.39 is 235 Å². The molecule has 56 nitrogen and oxygen atoms in total. The highest BCUT2D eigenvalue weighted by atomic mass is 16.4. The molecular formula is C78H142N38O18. The number of amides is 14. The first-order valence-corrected chi connectivity index (χ1v) is 44.0. The molecule has 134 heavy (non-hydrogen) atoms. The first-order valence-electron chi connectivity index (χ1n) is 44.0. The average Bonchev–Trinajstić information content (AvgIpc) is 1.53. The molecule has 1 fully saturated rings. The molecule has 1 aliphatic rings. The number of nitrogens with one attached hydrogen (secondary N) is 26. The molecule has 0 unspecified atom stereocenters. The maximum absolute atomic E-state index is 15.3. The third-order valence-electron chi connectivity index (χ3n) is 20.6. The van der Waals surface area contributed by atoms with Gasteiger partial charge in [0.1, 0.15) is 84.8 Å². The molecule has 0 bridgehead atoms. The number of carbonyl (C=O) groups excluding carboxylic acids is 14. The summed E-state index contributed by atoms with van der Waals surface area (Å²) in [4.78, 5) is 214. The van der Waals surface area contributed by atoms with Crippen molar-refractivity contribution in [2.75, 3.05) is 78.6 Å². The lowest BCUT2D eigenvalue weighted by atomic mass is 10.0. The van der Waals surface area contributed by atoms with Crippen molar-refractivity contribution < 1.29 is 87.2 Å². The normalized spacial score (nSPS) is 14.7. The molecule has 0 saturated carbocycles. The van der Waals surface area contributed by atoms with Gasteiger partial charge in [0, 0.05) is 65.2 Å². The number of rotatable bonds is 68. The zero-order valence-electron chi connectivity index (χ0n) is 75.2. The Balaban J connectivity index is 2.72. The summed E-state index contributed by atoms with van der Waals surface area (Å²) >= 11 is 0. The number of carbonyl (C=O) groups is 15. The SMILES string of the molecule is N=C(N)NCCC[C@H](NC(=O)[C@H](CCCCN)NC(=O)[C@H](CCCNC(=N)N)NC(=O)[C@H](CCC(N)=O)NC(=O)[C@H](CO)NC(=O)[C@H](CCCNC(=N)N)NC(=O)[C@H](CCCNC(=N)N)NC(=O)[C@@H]1CCCN1C(=O)[C@H](CCCNC(=N)N)NC(=O)[C@H](CCCNC(=N)N)NC(=O)[C@H](CCCNC(=N)N)NC(=O)[C@H](Cc1ccc(O)cc1)NC(=O)[C@@H](N)CCCCN)C(=O)NCC(=O)O. The van der Waals surface area contributed by atoms with Gasteiger partial charge in [-0.25, -0.2) is 0 Å². The van der Waals surface area contributed by atoms with Crippen LogP contribution in [0.4, 0.5) is 0 Å². The Morgan fingerprint density at radius 1 is 0.351 bits per heavy atom. The highest BCUT2D eigenvalue weighted by Crippen LogP contribution is 2.22. The van der Waals surface area contributed by atoms with Crippen LogP contribution in [0.1, 0.15) is 160 Å². The van der Waals surface area contributed by atoms with Gasteiger partial charge in [0.05, 0.1) is 12.6 Å². The predicted molar refractivity (Wildman–Crippen MR) is 492 cm³/mol. The summed E-state index contributed by atoms with van der Waals surface area (Å²) in [6, 6.07) is -14.4. The molecule has 13 atom stereocenters. The van der Waals surface area contributed by atoms with E-state index in [1.807, 2.05) is 0 Å². The monoisotopic (exact) mass is 1900 g/mol. The molecule has 1 saturated heterocycles. The quantitative estimate of drug-likeness (QED) is 0.0164. The zero-order valence-corrected chi connectivity index (χ0v) is 75.2. The van der Waals surface area contributed by atoms with Crippen molar-refractivity contribution in [3.8, 4) is 5.75 Å². The maximum Gasteiger partial charge on any atom is 0.322 e. The van der Waals surface area contributed by atoms with Crippen molar-refractivity contribution in [1.82, 2.24) is 106 Å². The average molecular weight is 1900 g/mol. The van der Waals surface area contributed by atoms with E-state index in [1.165, 1.54) is 24.3 Å². The molecule has 752 valence electrons. The third-order valence-corrected chi connectivity index (χ3v) is 20.6. The van der Waals surface area contributed by atoms with Crippen LogP contribution < -0.4 is 164 Å². The van der Waals surface area contributed by atoms with Gasteiger partial charge in [-0.15, -0.1) is 0 Å². The van der Waals surface area contributed by atoms with Gasteiger partial charge in [0.25, 0.3) is 0 Å². The Morgan fingerprint density at radius 3 is 0.963 bits per heavy atom. The van der Waals surface area contributed by atoms with Crippen LogP contribution in [0.15, 0.2) is 24.3 Å². The van der Waals surface area contributed by atoms with Gasteiger partial charge in [-0.05, 0) is 172 Å². The number of hydrogen-bond donors (Lipinski definition) is 40. The number of nitrogens with zero attached hydrogens (tertiary/aromatic N) is 1. The summed E-state index contributed by atoms with van der Waals surface area (Å²) in [5, 5.41) is 132. The fourth-order valence-electron chi connectivity index (χ4n) is 13.6. The summed E-state index contributed by atoms with van der Waals surface area (Å²) in [6.07, 6.45) is -1.12. The summed E-state index contributed by atoms with van der Waals surface area (Å²) < 4.78 is 0. The lowest BCUT2D eigenvalue weighted by molar-refractivity contribution is -0.143. The van der Waals surface area contributed by atoms with Gasteiger partial charge >= 0.3 is 5.97 Å². The van der Waals surface area contributed by atoms with Gasteiger partial charge in [0.15, 0.2) is 41.7 Å². The van der Waals surface area contributed by atoms with Crippen LogP contribution in [0.3, 0.4) is 0 Å². The number of aliphatic carboxylic acids is 1. The number of carboxylic acid groups (broad SMARTS) is 1. The van der Waals surface area contributed by atoms with Crippen LogP contribution in [0, 0.1) is 37.9 Å². The van der Waals surface area contributed by atoms with E-state index in [-0.39, 0.29) is 193 Å². The minimum Gasteiger partial charge on any atom is -0.508 e. The number of benzene rings is 1. The minimum atomic E-state index is -2.01. The van der Waals surface area contributed by atoms with Crippen LogP contribution in [0.2, 0.25) is 0 Å². The number of phenolic OH excluding ortho intramolecular Hbond substituents is 1. The number of phenols is 1. The first-order chi connectivity index (χ1) is 63.5. The van der Waals surface area contributed by atoms with E-state index in [0.29, 0.717) is 31.4 Å². The summed E-state index contributed by atoms with van der Waals surface area (Å²) in [5.74, 6) is -18.5. The first kappa shape index (κ1) is 116.